The Morgan fingerprint density at radius 3 is 1.45 bits per heavy atom. The average molecular weight is 1000 g/mol. The van der Waals surface area contributed by atoms with Gasteiger partial charge in [0.05, 0.1) is 5.82 Å². The van der Waals surface area contributed by atoms with Crippen molar-refractivity contribution >= 4 is 5.82 Å². The summed E-state index contributed by atoms with van der Waals surface area (Å²) < 4.78 is 40.1. The SMILES string of the molecule is CCN1C=CN(c2cc(-c3c(C(C)C)cc(C(C)C)cc3C(C)C)cc(-c3[c-]cc(F)cc3)n2)[CH-]1.Fc1c[c-]c(-c2cc(-c3ccccc3)cc(-c3[c-]cc(F)cc3)n2)cc1.[Ir]. The number of aromatic nitrogens is 2. The number of hydrogen-bond acceptors (Lipinski definition) is 4. The molecule has 3 heterocycles. The predicted octanol–water partition coefficient (Wildman–Crippen LogP) is 14.4. The van der Waals surface area contributed by atoms with Crippen molar-refractivity contribution < 1.29 is 33.3 Å². The minimum Gasteiger partial charge on any atom is -0.508 e. The van der Waals surface area contributed by atoms with Crippen LogP contribution in [0.2, 0.25) is 0 Å². The second-order valence-corrected chi connectivity index (χ2v) is 16.0. The zero-order valence-corrected chi connectivity index (χ0v) is 38.4. The second-order valence-electron chi connectivity index (χ2n) is 16.0. The Kier molecular flexibility index (Phi) is 15.0. The third-order valence-corrected chi connectivity index (χ3v) is 10.6. The summed E-state index contributed by atoms with van der Waals surface area (Å²) in [5, 5.41) is 0. The van der Waals surface area contributed by atoms with E-state index < -0.39 is 0 Å². The first-order chi connectivity index (χ1) is 29.4. The van der Waals surface area contributed by atoms with Gasteiger partial charge in [-0.1, -0.05) is 109 Å². The Morgan fingerprint density at radius 2 is 1.03 bits per heavy atom. The van der Waals surface area contributed by atoms with Crippen LogP contribution in [0.4, 0.5) is 19.0 Å². The topological polar surface area (TPSA) is 32.3 Å². The van der Waals surface area contributed by atoms with E-state index in [1.165, 1.54) is 58.7 Å². The number of nitrogens with zero attached hydrogens (tertiary/aromatic N) is 4. The number of rotatable bonds is 10. The van der Waals surface area contributed by atoms with Crippen LogP contribution in [0.1, 0.15) is 82.9 Å². The average Bonchev–Trinajstić information content (AvgIpc) is 3.77. The first-order valence-corrected chi connectivity index (χ1v) is 20.7. The number of hydrogen-bond donors (Lipinski definition) is 0. The van der Waals surface area contributed by atoms with E-state index in [2.05, 4.69) is 114 Å². The zero-order valence-electron chi connectivity index (χ0n) is 36.0. The third-order valence-electron chi connectivity index (χ3n) is 10.6. The minimum atomic E-state index is -0.347. The quantitative estimate of drug-likeness (QED) is 0.128. The molecule has 62 heavy (non-hydrogen) atoms. The van der Waals surface area contributed by atoms with Crippen LogP contribution in [0.5, 0.6) is 0 Å². The van der Waals surface area contributed by atoms with Gasteiger partial charge in [0.25, 0.3) is 0 Å². The molecule has 2 aromatic heterocycles. The molecule has 0 amide bonds. The van der Waals surface area contributed by atoms with E-state index in [1.807, 2.05) is 53.6 Å². The van der Waals surface area contributed by atoms with Crippen molar-refractivity contribution in [2.45, 2.75) is 66.2 Å². The van der Waals surface area contributed by atoms with Crippen LogP contribution in [0.15, 0.2) is 134 Å². The van der Waals surface area contributed by atoms with E-state index in [9.17, 15) is 13.2 Å². The van der Waals surface area contributed by atoms with E-state index in [4.69, 9.17) is 4.98 Å². The van der Waals surface area contributed by atoms with Crippen LogP contribution in [0.3, 0.4) is 0 Å². The summed E-state index contributed by atoms with van der Waals surface area (Å²) in [7, 11) is 0. The second kappa shape index (κ2) is 20.4. The molecule has 0 unspecified atom stereocenters. The molecule has 4 nitrogen and oxygen atoms in total. The Bertz CT molecular complexity index is 2510. The van der Waals surface area contributed by atoms with Crippen LogP contribution in [0.25, 0.3) is 56.0 Å². The van der Waals surface area contributed by atoms with Gasteiger partial charge < -0.3 is 14.8 Å². The molecule has 0 saturated heterocycles. The normalized spacial score (nSPS) is 12.2. The predicted molar refractivity (Wildman–Crippen MR) is 243 cm³/mol. The van der Waals surface area contributed by atoms with Crippen LogP contribution < -0.4 is 4.90 Å². The molecule has 8 heteroatoms. The summed E-state index contributed by atoms with van der Waals surface area (Å²) in [5.41, 5.74) is 12.7. The van der Waals surface area contributed by atoms with Crippen LogP contribution in [0, 0.1) is 42.3 Å². The van der Waals surface area contributed by atoms with Gasteiger partial charge in [0.1, 0.15) is 0 Å². The molecule has 7 aromatic rings. The fourth-order valence-corrected chi connectivity index (χ4v) is 7.24. The van der Waals surface area contributed by atoms with Crippen molar-refractivity contribution in [1.82, 2.24) is 14.9 Å². The van der Waals surface area contributed by atoms with Gasteiger partial charge >= 0.3 is 0 Å². The minimum absolute atomic E-state index is 0. The van der Waals surface area contributed by atoms with Crippen molar-refractivity contribution in [3.05, 3.63) is 193 Å². The molecule has 0 spiro atoms. The van der Waals surface area contributed by atoms with Gasteiger partial charge in [0.15, 0.2) is 0 Å². The Morgan fingerprint density at radius 1 is 0.548 bits per heavy atom. The smallest absolute Gasteiger partial charge is 0.0949 e. The van der Waals surface area contributed by atoms with Gasteiger partial charge in [-0.05, 0) is 98.8 Å². The standard InChI is InChI=1S/C31H36FN3.C23H13F2N.Ir/c1-8-34-13-14-35(19-34)30-18-25(17-29(33-30)23-9-11-26(32)12-10-23)31-27(21(4)5)15-24(20(2)3)16-28(31)22(6)7;24-20-10-6-17(7-11-20)22-14-19(16-4-2-1-3-5-16)15-23(26-22)18-8-12-21(25)13-9-18;/h9,11-22H,8H2,1-7H3;1-6,8,10-15H;/q2*-2;. The first kappa shape index (κ1) is 45.7. The fraction of sp³-hybridized carbons (Fsp3) is 0.204. The molecule has 319 valence electrons. The van der Waals surface area contributed by atoms with Gasteiger partial charge in [-0.3, -0.25) is 18.2 Å². The van der Waals surface area contributed by atoms with E-state index in [1.54, 1.807) is 18.2 Å². The largest absolute Gasteiger partial charge is 0.508 e. The maximum atomic E-state index is 13.7. The number of benzene rings is 5. The Balaban J connectivity index is 0.000000212. The molecule has 0 fully saturated rings. The van der Waals surface area contributed by atoms with Crippen molar-refractivity contribution in [2.75, 3.05) is 11.4 Å². The molecule has 0 bridgehead atoms. The number of pyridine rings is 2. The molecule has 1 aliphatic rings. The first-order valence-electron chi connectivity index (χ1n) is 20.7. The molecule has 0 aliphatic carbocycles. The van der Waals surface area contributed by atoms with Gasteiger partial charge in [-0.15, -0.1) is 96.2 Å². The molecule has 8 rings (SSSR count). The molecule has 0 N–H and O–H groups in total. The number of anilines is 1. The van der Waals surface area contributed by atoms with Gasteiger partial charge in [0, 0.05) is 37.6 Å². The Hall–Kier alpha value is -5.82. The summed E-state index contributed by atoms with van der Waals surface area (Å²) in [6.07, 6.45) is 4.08. The van der Waals surface area contributed by atoms with Crippen molar-refractivity contribution in [1.29, 1.82) is 0 Å². The molecular weight excluding hydrogens is 954 g/mol. The fourth-order valence-electron chi connectivity index (χ4n) is 7.24. The van der Waals surface area contributed by atoms with Crippen LogP contribution >= 0.6 is 0 Å². The van der Waals surface area contributed by atoms with Gasteiger partial charge in [-0.25, -0.2) is 0 Å². The third kappa shape index (κ3) is 10.8. The molecule has 1 radical (unpaired) electrons. The van der Waals surface area contributed by atoms with Crippen molar-refractivity contribution in [2.24, 2.45) is 0 Å². The van der Waals surface area contributed by atoms with Crippen LogP contribution in [-0.4, -0.2) is 21.4 Å². The molecule has 5 aromatic carbocycles. The number of halogens is 3. The summed E-state index contributed by atoms with van der Waals surface area (Å²) in [6, 6.07) is 44.9. The maximum Gasteiger partial charge on any atom is 0.0949 e. The molecular formula is C54H49F3IrN4-4. The monoisotopic (exact) mass is 1000 g/mol. The van der Waals surface area contributed by atoms with E-state index in [0.29, 0.717) is 40.3 Å². The van der Waals surface area contributed by atoms with Crippen molar-refractivity contribution in [3.63, 3.8) is 0 Å². The molecule has 1 aliphatic heterocycles. The van der Waals surface area contributed by atoms with Crippen LogP contribution in [-0.2, 0) is 20.1 Å². The Labute approximate surface area is 378 Å². The summed E-state index contributed by atoms with van der Waals surface area (Å²) in [4.78, 5) is 13.8. The van der Waals surface area contributed by atoms with Gasteiger partial charge in [0.2, 0.25) is 0 Å². The molecule has 0 saturated carbocycles. The van der Waals surface area contributed by atoms with E-state index in [-0.39, 0.29) is 37.6 Å². The summed E-state index contributed by atoms with van der Waals surface area (Å²) in [6.45, 7) is 18.6. The van der Waals surface area contributed by atoms with E-state index >= 15 is 0 Å². The summed E-state index contributed by atoms with van der Waals surface area (Å²) in [5.74, 6) is 1.04. The summed E-state index contributed by atoms with van der Waals surface area (Å²) >= 11 is 0. The van der Waals surface area contributed by atoms with Crippen molar-refractivity contribution in [3.8, 4) is 56.0 Å². The zero-order chi connectivity index (χ0) is 43.2. The molecule has 0 atom stereocenters. The van der Waals surface area contributed by atoms with E-state index in [0.717, 1.165) is 40.3 Å². The maximum absolute atomic E-state index is 13.7. The van der Waals surface area contributed by atoms with Gasteiger partial charge in [-0.2, -0.15) is 0 Å².